The molecule has 4 nitrogen and oxygen atoms in total. The molecular formula is C29H36N2O2. The van der Waals surface area contributed by atoms with Gasteiger partial charge in [-0.15, -0.1) is 0 Å². The summed E-state index contributed by atoms with van der Waals surface area (Å²) in [6.45, 7) is 9.28. The molecule has 1 atom stereocenters. The molecule has 174 valence electrons. The number of hydrogen-bond donors (Lipinski definition) is 1. The lowest BCUT2D eigenvalue weighted by atomic mass is 9.87. The predicted octanol–water partition coefficient (Wildman–Crippen LogP) is 4.90. The standard InChI is InChI=1S/C29H36N2O2/c1-21-11-12-24(17-22(21)2)31-15-13-30(14-16-31)19-25(32)20-33-29-18-23-7-3-4-8-26(23)27-9-5-6-10-28(27)29/h3-4,7-8,11-12,17-18,25,32H,5-6,9-10,13-16,19-20H2,1-2H3. The van der Waals surface area contributed by atoms with Gasteiger partial charge >= 0.3 is 0 Å². The minimum absolute atomic E-state index is 0.349. The van der Waals surface area contributed by atoms with Gasteiger partial charge < -0.3 is 14.7 Å². The maximum absolute atomic E-state index is 10.7. The number of ether oxygens (including phenoxy) is 1. The van der Waals surface area contributed by atoms with E-state index in [1.54, 1.807) is 0 Å². The van der Waals surface area contributed by atoms with Gasteiger partial charge in [-0.3, -0.25) is 4.90 Å². The van der Waals surface area contributed by atoms with Crippen molar-refractivity contribution in [3.05, 3.63) is 70.8 Å². The van der Waals surface area contributed by atoms with Gasteiger partial charge in [-0.2, -0.15) is 0 Å². The van der Waals surface area contributed by atoms with Crippen LogP contribution >= 0.6 is 0 Å². The van der Waals surface area contributed by atoms with Crippen molar-refractivity contribution in [1.29, 1.82) is 0 Å². The third-order valence-electron chi connectivity index (χ3n) is 7.47. The number of benzene rings is 3. The molecule has 0 radical (unpaired) electrons. The molecule has 0 spiro atoms. The van der Waals surface area contributed by atoms with Gasteiger partial charge in [-0.05, 0) is 90.8 Å². The number of fused-ring (bicyclic) bond motifs is 3. The predicted molar refractivity (Wildman–Crippen MR) is 137 cm³/mol. The number of aryl methyl sites for hydroxylation is 3. The average molecular weight is 445 g/mol. The maximum atomic E-state index is 10.7. The normalized spacial score (nSPS) is 17.7. The van der Waals surface area contributed by atoms with Gasteiger partial charge in [0, 0.05) is 38.4 Å². The van der Waals surface area contributed by atoms with Crippen LogP contribution in [-0.2, 0) is 12.8 Å². The van der Waals surface area contributed by atoms with Crippen molar-refractivity contribution in [2.75, 3.05) is 44.2 Å². The Bertz CT molecular complexity index is 1120. The lowest BCUT2D eigenvalue weighted by molar-refractivity contribution is 0.0659. The largest absolute Gasteiger partial charge is 0.491 e. The fourth-order valence-electron chi connectivity index (χ4n) is 5.38. The first-order chi connectivity index (χ1) is 16.1. The Morgan fingerprint density at radius 2 is 1.64 bits per heavy atom. The first kappa shape index (κ1) is 22.2. The van der Waals surface area contributed by atoms with Crippen LogP contribution in [0.4, 0.5) is 5.69 Å². The Labute approximate surface area is 197 Å². The van der Waals surface area contributed by atoms with E-state index in [1.807, 2.05) is 0 Å². The molecule has 0 bridgehead atoms. The summed E-state index contributed by atoms with van der Waals surface area (Å²) in [5.41, 5.74) is 6.80. The van der Waals surface area contributed by atoms with Crippen molar-refractivity contribution in [2.45, 2.75) is 45.6 Å². The maximum Gasteiger partial charge on any atom is 0.123 e. The van der Waals surface area contributed by atoms with E-state index in [-0.39, 0.29) is 0 Å². The van der Waals surface area contributed by atoms with Gasteiger partial charge in [0.1, 0.15) is 18.5 Å². The molecule has 1 unspecified atom stereocenters. The molecule has 1 saturated heterocycles. The minimum atomic E-state index is -0.483. The van der Waals surface area contributed by atoms with Crippen LogP contribution in [0.25, 0.3) is 10.8 Å². The first-order valence-electron chi connectivity index (χ1n) is 12.5. The molecule has 5 rings (SSSR count). The summed E-state index contributed by atoms with van der Waals surface area (Å²) in [5.74, 6) is 0.974. The molecule has 3 aromatic rings. The van der Waals surface area contributed by atoms with E-state index < -0.39 is 6.10 Å². The fraction of sp³-hybridized carbons (Fsp3) is 0.448. The lowest BCUT2D eigenvalue weighted by Gasteiger charge is -2.37. The molecule has 1 heterocycles. The average Bonchev–Trinajstić information content (AvgIpc) is 2.85. The molecule has 1 N–H and O–H groups in total. The van der Waals surface area contributed by atoms with Crippen molar-refractivity contribution in [3.63, 3.8) is 0 Å². The number of piperazine rings is 1. The minimum Gasteiger partial charge on any atom is -0.491 e. The van der Waals surface area contributed by atoms with Gasteiger partial charge in [-0.25, -0.2) is 0 Å². The number of aliphatic hydroxyl groups excluding tert-OH is 1. The zero-order chi connectivity index (χ0) is 22.8. The molecule has 2 aliphatic rings. The number of anilines is 1. The smallest absolute Gasteiger partial charge is 0.123 e. The molecule has 1 fully saturated rings. The molecule has 33 heavy (non-hydrogen) atoms. The van der Waals surface area contributed by atoms with Gasteiger partial charge in [-0.1, -0.05) is 30.3 Å². The van der Waals surface area contributed by atoms with Crippen molar-refractivity contribution in [2.24, 2.45) is 0 Å². The molecule has 4 heteroatoms. The molecule has 1 aliphatic carbocycles. The van der Waals surface area contributed by atoms with E-state index >= 15 is 0 Å². The van der Waals surface area contributed by atoms with Crippen LogP contribution in [0.15, 0.2) is 48.5 Å². The van der Waals surface area contributed by atoms with Crippen LogP contribution < -0.4 is 9.64 Å². The van der Waals surface area contributed by atoms with E-state index in [0.29, 0.717) is 13.2 Å². The highest BCUT2D eigenvalue weighted by Crippen LogP contribution is 2.36. The van der Waals surface area contributed by atoms with Gasteiger partial charge in [0.15, 0.2) is 0 Å². The van der Waals surface area contributed by atoms with E-state index in [1.165, 1.54) is 51.6 Å². The second kappa shape index (κ2) is 9.74. The molecule has 0 saturated carbocycles. The summed E-state index contributed by atoms with van der Waals surface area (Å²) in [4.78, 5) is 4.81. The highest BCUT2D eigenvalue weighted by Gasteiger charge is 2.22. The van der Waals surface area contributed by atoms with E-state index in [0.717, 1.165) is 44.8 Å². The molecule has 3 aromatic carbocycles. The van der Waals surface area contributed by atoms with Crippen LogP contribution in [-0.4, -0.2) is 55.4 Å². The number of nitrogens with zero attached hydrogens (tertiary/aromatic N) is 2. The van der Waals surface area contributed by atoms with Crippen LogP contribution in [0, 0.1) is 13.8 Å². The number of aliphatic hydroxyl groups is 1. The first-order valence-corrected chi connectivity index (χ1v) is 12.5. The zero-order valence-electron chi connectivity index (χ0n) is 20.0. The van der Waals surface area contributed by atoms with Crippen molar-refractivity contribution < 1.29 is 9.84 Å². The Morgan fingerprint density at radius 1 is 0.879 bits per heavy atom. The summed E-state index contributed by atoms with van der Waals surface area (Å²) in [6, 6.07) is 17.5. The lowest BCUT2D eigenvalue weighted by Crippen LogP contribution is -2.49. The van der Waals surface area contributed by atoms with Gasteiger partial charge in [0.25, 0.3) is 0 Å². The van der Waals surface area contributed by atoms with Crippen LogP contribution in [0.2, 0.25) is 0 Å². The SMILES string of the molecule is Cc1ccc(N2CCN(CC(O)COc3cc4ccccc4c4c3CCCC4)CC2)cc1C. The summed E-state index contributed by atoms with van der Waals surface area (Å²) in [7, 11) is 0. The quantitative estimate of drug-likeness (QED) is 0.587. The second-order valence-corrected chi connectivity index (χ2v) is 9.78. The Hall–Kier alpha value is -2.56. The summed E-state index contributed by atoms with van der Waals surface area (Å²) >= 11 is 0. The summed E-state index contributed by atoms with van der Waals surface area (Å²) < 4.78 is 6.24. The number of rotatable bonds is 6. The van der Waals surface area contributed by atoms with Crippen molar-refractivity contribution >= 4 is 16.5 Å². The Balaban J connectivity index is 1.18. The highest BCUT2D eigenvalue weighted by molar-refractivity contribution is 5.89. The van der Waals surface area contributed by atoms with Crippen molar-refractivity contribution in [3.8, 4) is 5.75 Å². The third kappa shape index (κ3) is 4.87. The monoisotopic (exact) mass is 444 g/mol. The van der Waals surface area contributed by atoms with Crippen LogP contribution in [0.1, 0.15) is 35.1 Å². The van der Waals surface area contributed by atoms with Crippen LogP contribution in [0.3, 0.4) is 0 Å². The number of hydrogen-bond acceptors (Lipinski definition) is 4. The topological polar surface area (TPSA) is 35.9 Å². The number of β-amino-alcohol motifs (C(OH)–C–C–N with tert-alkyl or cyclic N) is 1. The Kier molecular flexibility index (Phi) is 6.57. The van der Waals surface area contributed by atoms with Crippen LogP contribution in [0.5, 0.6) is 5.75 Å². The van der Waals surface area contributed by atoms with Gasteiger partial charge in [0.05, 0.1) is 0 Å². The van der Waals surface area contributed by atoms with E-state index in [4.69, 9.17) is 4.74 Å². The molecule has 1 aliphatic heterocycles. The fourth-order valence-corrected chi connectivity index (χ4v) is 5.38. The Morgan fingerprint density at radius 3 is 2.42 bits per heavy atom. The highest BCUT2D eigenvalue weighted by atomic mass is 16.5. The molecule has 0 amide bonds. The van der Waals surface area contributed by atoms with E-state index in [2.05, 4.69) is 72.2 Å². The second-order valence-electron chi connectivity index (χ2n) is 9.78. The molecule has 0 aromatic heterocycles. The van der Waals surface area contributed by atoms with Gasteiger partial charge in [0.2, 0.25) is 0 Å². The summed E-state index contributed by atoms with van der Waals surface area (Å²) in [6.07, 6.45) is 4.18. The molecular weight excluding hydrogens is 408 g/mol. The zero-order valence-corrected chi connectivity index (χ0v) is 20.0. The third-order valence-corrected chi connectivity index (χ3v) is 7.47. The van der Waals surface area contributed by atoms with E-state index in [9.17, 15) is 5.11 Å². The van der Waals surface area contributed by atoms with Crippen molar-refractivity contribution in [1.82, 2.24) is 4.90 Å². The summed E-state index contributed by atoms with van der Waals surface area (Å²) in [5, 5.41) is 13.4.